The van der Waals surface area contributed by atoms with Crippen LogP contribution in [-0.2, 0) is 6.42 Å². The van der Waals surface area contributed by atoms with E-state index in [-0.39, 0.29) is 0 Å². The molecule has 0 amide bonds. The van der Waals surface area contributed by atoms with Crippen molar-refractivity contribution in [3.05, 3.63) is 24.2 Å². The largest absolute Gasteiger partial charge is 0.461 e. The van der Waals surface area contributed by atoms with Crippen molar-refractivity contribution in [1.82, 2.24) is 25.8 Å². The fraction of sp³-hybridized carbons (Fsp3) is 0.650. The second-order valence-corrected chi connectivity index (χ2v) is 7.59. The van der Waals surface area contributed by atoms with Gasteiger partial charge in [-0.3, -0.25) is 10.1 Å². The highest BCUT2D eigenvalue weighted by Gasteiger charge is 2.23. The average molecular weight is 373 g/mol. The zero-order chi connectivity index (χ0) is 19.1. The number of rotatable bonds is 7. The van der Waals surface area contributed by atoms with Gasteiger partial charge < -0.3 is 15.1 Å². The first-order valence-corrected chi connectivity index (χ1v) is 10.2. The van der Waals surface area contributed by atoms with Crippen LogP contribution in [0.25, 0.3) is 11.6 Å². The second kappa shape index (κ2) is 9.58. The van der Waals surface area contributed by atoms with Crippen molar-refractivity contribution in [2.24, 2.45) is 16.8 Å². The predicted molar refractivity (Wildman–Crippen MR) is 107 cm³/mol. The first-order chi connectivity index (χ1) is 13.2. The molecule has 3 N–H and O–H groups in total. The zero-order valence-electron chi connectivity index (χ0n) is 16.7. The quantitative estimate of drug-likeness (QED) is 0.512. The third-order valence-electron chi connectivity index (χ3n) is 5.29. The number of aliphatic imine (C=N–C) groups is 1. The Hall–Kier alpha value is -2.31. The molecule has 148 valence electrons. The topological polar surface area (TPSA) is 91.1 Å². The second-order valence-electron chi connectivity index (χ2n) is 7.59. The van der Waals surface area contributed by atoms with Crippen LogP contribution in [0.4, 0.5) is 0 Å². The minimum Gasteiger partial charge on any atom is -0.461 e. The van der Waals surface area contributed by atoms with Crippen molar-refractivity contribution in [1.29, 1.82) is 0 Å². The molecule has 3 rings (SSSR count). The smallest absolute Gasteiger partial charge is 0.216 e. The highest BCUT2D eigenvalue weighted by Crippen LogP contribution is 2.29. The molecule has 2 heterocycles. The number of H-pyrrole nitrogens is 1. The molecule has 0 aliphatic heterocycles. The molecule has 2 aromatic rings. The Morgan fingerprint density at radius 2 is 2.15 bits per heavy atom. The van der Waals surface area contributed by atoms with Crippen LogP contribution in [-0.4, -0.2) is 40.3 Å². The van der Waals surface area contributed by atoms with Crippen LogP contribution in [0.15, 0.2) is 27.8 Å². The standard InChI is InChI=1S/C20H32N6O/c1-4-21-20(23-16-9-7-15(8-10-16)14(2)3)22-12-11-18-24-19(26-25-18)17-6-5-13-27-17/h5-6,13-16H,4,7-12H2,1-3H3,(H2,21,22,23)(H,24,25,26). The Bertz CT molecular complexity index is 698. The number of hydrogen-bond acceptors (Lipinski definition) is 4. The molecule has 1 saturated carbocycles. The number of furan rings is 1. The summed E-state index contributed by atoms with van der Waals surface area (Å²) < 4.78 is 5.32. The van der Waals surface area contributed by atoms with Gasteiger partial charge in [0.1, 0.15) is 5.82 Å². The van der Waals surface area contributed by atoms with Crippen LogP contribution < -0.4 is 10.6 Å². The van der Waals surface area contributed by atoms with Crippen molar-refractivity contribution in [2.75, 3.05) is 13.1 Å². The van der Waals surface area contributed by atoms with Crippen LogP contribution in [0.3, 0.4) is 0 Å². The number of aromatic amines is 1. The summed E-state index contributed by atoms with van der Waals surface area (Å²) in [7, 11) is 0. The molecule has 1 aliphatic rings. The van der Waals surface area contributed by atoms with E-state index in [1.165, 1.54) is 25.7 Å². The minimum absolute atomic E-state index is 0.522. The van der Waals surface area contributed by atoms with Crippen molar-refractivity contribution >= 4 is 5.96 Å². The summed E-state index contributed by atoms with van der Waals surface area (Å²) in [5.74, 6) is 4.65. The van der Waals surface area contributed by atoms with Gasteiger partial charge in [0.15, 0.2) is 11.7 Å². The van der Waals surface area contributed by atoms with Gasteiger partial charge in [0.05, 0.1) is 6.26 Å². The monoisotopic (exact) mass is 372 g/mol. The molecule has 7 heteroatoms. The maximum atomic E-state index is 5.32. The van der Waals surface area contributed by atoms with Gasteiger partial charge in [-0.2, -0.15) is 5.10 Å². The summed E-state index contributed by atoms with van der Waals surface area (Å²) in [6.07, 6.45) is 7.40. The molecule has 7 nitrogen and oxygen atoms in total. The molecule has 0 bridgehead atoms. The van der Waals surface area contributed by atoms with Gasteiger partial charge in [-0.1, -0.05) is 13.8 Å². The zero-order valence-corrected chi connectivity index (χ0v) is 16.7. The Labute approximate surface area is 161 Å². The lowest BCUT2D eigenvalue weighted by molar-refractivity contribution is 0.250. The van der Waals surface area contributed by atoms with Gasteiger partial charge in [0.2, 0.25) is 5.82 Å². The SMILES string of the molecule is CCNC(=NCCc1nc(-c2ccco2)n[nH]1)NC1CCC(C(C)C)CC1. The van der Waals surface area contributed by atoms with E-state index < -0.39 is 0 Å². The first-order valence-electron chi connectivity index (χ1n) is 10.2. The van der Waals surface area contributed by atoms with E-state index in [0.717, 1.165) is 30.2 Å². The van der Waals surface area contributed by atoms with E-state index in [2.05, 4.69) is 46.6 Å². The molecule has 0 unspecified atom stereocenters. The molecular formula is C20H32N6O. The Kier molecular flexibility index (Phi) is 6.90. The predicted octanol–water partition coefficient (Wildman–Crippen LogP) is 3.38. The van der Waals surface area contributed by atoms with E-state index in [1.54, 1.807) is 6.26 Å². The van der Waals surface area contributed by atoms with E-state index in [9.17, 15) is 0 Å². The lowest BCUT2D eigenvalue weighted by atomic mass is 9.80. The summed E-state index contributed by atoms with van der Waals surface area (Å²) in [5, 5.41) is 14.1. The molecular weight excluding hydrogens is 340 g/mol. The number of nitrogens with one attached hydrogen (secondary N) is 3. The van der Waals surface area contributed by atoms with Crippen LogP contribution >= 0.6 is 0 Å². The van der Waals surface area contributed by atoms with Gasteiger partial charge >= 0.3 is 0 Å². The maximum Gasteiger partial charge on any atom is 0.216 e. The van der Waals surface area contributed by atoms with Gasteiger partial charge in [0.25, 0.3) is 0 Å². The molecule has 1 aliphatic carbocycles. The molecule has 0 atom stereocenters. The van der Waals surface area contributed by atoms with Crippen molar-refractivity contribution < 1.29 is 4.42 Å². The number of nitrogens with zero attached hydrogens (tertiary/aromatic N) is 3. The van der Waals surface area contributed by atoms with Crippen molar-refractivity contribution in [3.63, 3.8) is 0 Å². The van der Waals surface area contributed by atoms with E-state index in [4.69, 9.17) is 9.41 Å². The lowest BCUT2D eigenvalue weighted by Crippen LogP contribution is -2.45. The Balaban J connectivity index is 1.49. The molecule has 27 heavy (non-hydrogen) atoms. The normalized spacial score (nSPS) is 20.8. The van der Waals surface area contributed by atoms with Crippen molar-refractivity contribution in [2.45, 2.75) is 58.9 Å². The van der Waals surface area contributed by atoms with E-state index in [1.807, 2.05) is 12.1 Å². The number of guanidine groups is 1. The summed E-state index contributed by atoms with van der Waals surface area (Å²) in [6, 6.07) is 4.21. The van der Waals surface area contributed by atoms with Gasteiger partial charge in [-0.15, -0.1) is 0 Å². The van der Waals surface area contributed by atoms with Crippen molar-refractivity contribution in [3.8, 4) is 11.6 Å². The number of aromatic nitrogens is 3. The highest BCUT2D eigenvalue weighted by molar-refractivity contribution is 5.80. The molecule has 2 aromatic heterocycles. The Morgan fingerprint density at radius 1 is 1.33 bits per heavy atom. The molecule has 1 fully saturated rings. The van der Waals surface area contributed by atoms with Crippen LogP contribution in [0, 0.1) is 11.8 Å². The summed E-state index contributed by atoms with van der Waals surface area (Å²) in [4.78, 5) is 9.18. The van der Waals surface area contributed by atoms with Crippen LogP contribution in [0.2, 0.25) is 0 Å². The lowest BCUT2D eigenvalue weighted by Gasteiger charge is -2.32. The average Bonchev–Trinajstić information content (AvgIpc) is 3.34. The first kappa shape index (κ1) is 19.5. The summed E-state index contributed by atoms with van der Waals surface area (Å²) in [6.45, 7) is 8.29. The highest BCUT2D eigenvalue weighted by atomic mass is 16.3. The third kappa shape index (κ3) is 5.58. The third-order valence-corrected chi connectivity index (χ3v) is 5.29. The summed E-state index contributed by atoms with van der Waals surface area (Å²) >= 11 is 0. The van der Waals surface area contributed by atoms with Crippen LogP contribution in [0.1, 0.15) is 52.3 Å². The Morgan fingerprint density at radius 3 is 2.81 bits per heavy atom. The molecule has 0 radical (unpaired) electrons. The summed E-state index contributed by atoms with van der Waals surface area (Å²) in [5.41, 5.74) is 0. The van der Waals surface area contributed by atoms with E-state index in [0.29, 0.717) is 30.6 Å². The molecule has 0 saturated heterocycles. The molecule has 0 aromatic carbocycles. The van der Waals surface area contributed by atoms with Gasteiger partial charge in [-0.25, -0.2) is 4.98 Å². The molecule has 0 spiro atoms. The minimum atomic E-state index is 0.522. The van der Waals surface area contributed by atoms with Crippen LogP contribution in [0.5, 0.6) is 0 Å². The fourth-order valence-electron chi connectivity index (χ4n) is 3.64. The number of hydrogen-bond donors (Lipinski definition) is 3. The fourth-order valence-corrected chi connectivity index (χ4v) is 3.64. The van der Waals surface area contributed by atoms with Gasteiger partial charge in [-0.05, 0) is 56.6 Å². The maximum absolute atomic E-state index is 5.32. The van der Waals surface area contributed by atoms with Gasteiger partial charge in [0, 0.05) is 25.6 Å². The van der Waals surface area contributed by atoms with E-state index >= 15 is 0 Å².